The Morgan fingerprint density at radius 2 is 2.04 bits per heavy atom. The van der Waals surface area contributed by atoms with E-state index < -0.39 is 0 Å². The van der Waals surface area contributed by atoms with E-state index in [1.807, 2.05) is 4.90 Å². The summed E-state index contributed by atoms with van der Waals surface area (Å²) in [7, 11) is 0. The number of Topliss-reactive ketones (excluding diaryl/α,β-unsaturated/α-hetero) is 1. The summed E-state index contributed by atoms with van der Waals surface area (Å²) in [5.41, 5.74) is 1.41. The van der Waals surface area contributed by atoms with Gasteiger partial charge in [0.2, 0.25) is 5.95 Å². The van der Waals surface area contributed by atoms with E-state index >= 15 is 0 Å². The predicted molar refractivity (Wildman–Crippen MR) is 102 cm³/mol. The normalized spacial score (nSPS) is 13.3. The third-order valence-corrected chi connectivity index (χ3v) is 4.64. The standard InChI is InChI=1S/C19H16ClN5O2/c20-14-4-1-3-13(9-14)17(26)11-24-7-2-8-25-18(27)10-16(23-19(24)25)15-5-6-21-12-22-15/h1,3-6,9-10,12H,2,7-8,11H2. The van der Waals surface area contributed by atoms with Crippen molar-refractivity contribution in [2.24, 2.45) is 0 Å². The van der Waals surface area contributed by atoms with E-state index in [0.29, 0.717) is 41.0 Å². The van der Waals surface area contributed by atoms with E-state index in [4.69, 9.17) is 11.6 Å². The number of carbonyl (C=O) groups excluding carboxylic acids is 1. The molecule has 8 heteroatoms. The minimum atomic E-state index is -0.159. The van der Waals surface area contributed by atoms with Crippen molar-refractivity contribution >= 4 is 23.3 Å². The van der Waals surface area contributed by atoms with E-state index in [1.165, 1.54) is 12.4 Å². The fourth-order valence-corrected chi connectivity index (χ4v) is 3.31. The molecule has 0 saturated heterocycles. The van der Waals surface area contributed by atoms with Gasteiger partial charge in [0.05, 0.1) is 17.9 Å². The number of hydrogen-bond acceptors (Lipinski definition) is 6. The van der Waals surface area contributed by atoms with Gasteiger partial charge in [-0.05, 0) is 24.6 Å². The molecule has 0 bridgehead atoms. The number of ketones is 1. The van der Waals surface area contributed by atoms with Crippen LogP contribution in [0.25, 0.3) is 11.4 Å². The molecule has 0 fully saturated rings. The molecule has 0 spiro atoms. The molecule has 27 heavy (non-hydrogen) atoms. The molecule has 3 aromatic rings. The molecule has 0 N–H and O–H groups in total. The summed E-state index contributed by atoms with van der Waals surface area (Å²) >= 11 is 5.99. The average molecular weight is 382 g/mol. The van der Waals surface area contributed by atoms with Crippen molar-refractivity contribution in [2.45, 2.75) is 13.0 Å². The van der Waals surface area contributed by atoms with Crippen LogP contribution in [0.5, 0.6) is 0 Å². The highest BCUT2D eigenvalue weighted by Gasteiger charge is 2.23. The van der Waals surface area contributed by atoms with Crippen LogP contribution in [0.15, 0.2) is 53.7 Å². The first-order valence-electron chi connectivity index (χ1n) is 8.54. The number of hydrogen-bond donors (Lipinski definition) is 0. The molecule has 0 unspecified atom stereocenters. The van der Waals surface area contributed by atoms with Crippen LogP contribution in [0, 0.1) is 0 Å². The van der Waals surface area contributed by atoms with Gasteiger partial charge in [-0.2, -0.15) is 0 Å². The van der Waals surface area contributed by atoms with Gasteiger partial charge < -0.3 is 4.90 Å². The number of anilines is 1. The first-order chi connectivity index (χ1) is 13.1. The quantitative estimate of drug-likeness (QED) is 0.646. The van der Waals surface area contributed by atoms with E-state index in [0.717, 1.165) is 6.42 Å². The van der Waals surface area contributed by atoms with Crippen LogP contribution in [-0.4, -0.2) is 38.4 Å². The fraction of sp³-hybridized carbons (Fsp3) is 0.211. The number of nitrogens with zero attached hydrogens (tertiary/aromatic N) is 5. The highest BCUT2D eigenvalue weighted by molar-refractivity contribution is 6.31. The van der Waals surface area contributed by atoms with Crippen molar-refractivity contribution in [1.29, 1.82) is 0 Å². The van der Waals surface area contributed by atoms with Crippen LogP contribution in [-0.2, 0) is 6.54 Å². The van der Waals surface area contributed by atoms with Crippen molar-refractivity contribution in [2.75, 3.05) is 18.0 Å². The molecule has 0 aliphatic carbocycles. The molecule has 0 saturated carbocycles. The highest BCUT2D eigenvalue weighted by Crippen LogP contribution is 2.21. The van der Waals surface area contributed by atoms with Gasteiger partial charge in [-0.3, -0.25) is 14.2 Å². The van der Waals surface area contributed by atoms with Crippen LogP contribution < -0.4 is 10.5 Å². The van der Waals surface area contributed by atoms with Crippen molar-refractivity contribution in [3.63, 3.8) is 0 Å². The second-order valence-electron chi connectivity index (χ2n) is 6.23. The van der Waals surface area contributed by atoms with Crippen molar-refractivity contribution < 1.29 is 4.79 Å². The number of fused-ring (bicyclic) bond motifs is 1. The molecular weight excluding hydrogens is 366 g/mol. The highest BCUT2D eigenvalue weighted by atomic mass is 35.5. The van der Waals surface area contributed by atoms with Crippen LogP contribution in [0.2, 0.25) is 5.02 Å². The first kappa shape index (κ1) is 17.4. The van der Waals surface area contributed by atoms with E-state index in [-0.39, 0.29) is 17.9 Å². The van der Waals surface area contributed by atoms with Crippen LogP contribution in [0.3, 0.4) is 0 Å². The van der Waals surface area contributed by atoms with Crippen molar-refractivity contribution in [3.8, 4) is 11.4 Å². The van der Waals surface area contributed by atoms with E-state index in [1.54, 1.807) is 41.1 Å². The molecule has 0 atom stereocenters. The lowest BCUT2D eigenvalue weighted by molar-refractivity contribution is 0.0997. The summed E-state index contributed by atoms with van der Waals surface area (Å²) in [5, 5.41) is 0.514. The van der Waals surface area contributed by atoms with Gasteiger partial charge in [0.25, 0.3) is 5.56 Å². The predicted octanol–water partition coefficient (Wildman–Crippen LogP) is 2.45. The molecule has 136 valence electrons. The molecular formula is C19H16ClN5O2. The van der Waals surface area contributed by atoms with Gasteiger partial charge in [-0.25, -0.2) is 15.0 Å². The number of benzene rings is 1. The minimum Gasteiger partial charge on any atom is -0.334 e. The zero-order valence-electron chi connectivity index (χ0n) is 14.4. The summed E-state index contributed by atoms with van der Waals surface area (Å²) in [6, 6.07) is 10.0. The van der Waals surface area contributed by atoms with Crippen molar-refractivity contribution in [3.05, 3.63) is 69.9 Å². The summed E-state index contributed by atoms with van der Waals surface area (Å²) in [6.45, 7) is 1.35. The molecule has 1 aliphatic heterocycles. The Balaban J connectivity index is 1.69. The molecule has 1 aromatic carbocycles. The average Bonchev–Trinajstić information content (AvgIpc) is 2.69. The van der Waals surface area contributed by atoms with Crippen molar-refractivity contribution in [1.82, 2.24) is 19.5 Å². The number of halogens is 1. The smallest absolute Gasteiger partial charge is 0.255 e. The zero-order valence-corrected chi connectivity index (χ0v) is 15.1. The number of carbonyl (C=O) groups is 1. The third-order valence-electron chi connectivity index (χ3n) is 4.41. The molecule has 1 aliphatic rings. The Bertz CT molecular complexity index is 1050. The Morgan fingerprint density at radius 1 is 1.15 bits per heavy atom. The Hall–Kier alpha value is -3.06. The van der Waals surface area contributed by atoms with Gasteiger partial charge in [0.15, 0.2) is 5.78 Å². The lowest BCUT2D eigenvalue weighted by Crippen LogP contribution is -2.41. The van der Waals surface area contributed by atoms with E-state index in [9.17, 15) is 9.59 Å². The summed E-state index contributed by atoms with van der Waals surface area (Å²) in [6.07, 6.45) is 3.78. The number of aromatic nitrogens is 4. The Kier molecular flexibility index (Phi) is 4.68. The largest absolute Gasteiger partial charge is 0.334 e. The molecule has 4 rings (SSSR count). The SMILES string of the molecule is O=C(CN1CCCn2c1nc(-c1ccncn1)cc2=O)c1cccc(Cl)c1. The third kappa shape index (κ3) is 3.59. The molecule has 3 heterocycles. The van der Waals surface area contributed by atoms with Gasteiger partial charge in [-0.1, -0.05) is 23.7 Å². The maximum atomic E-state index is 12.7. The van der Waals surface area contributed by atoms with E-state index in [2.05, 4.69) is 15.0 Å². The molecule has 7 nitrogen and oxygen atoms in total. The summed E-state index contributed by atoms with van der Waals surface area (Å²) in [4.78, 5) is 39.7. The summed E-state index contributed by atoms with van der Waals surface area (Å²) < 4.78 is 1.60. The second kappa shape index (κ2) is 7.28. The Morgan fingerprint density at radius 3 is 2.81 bits per heavy atom. The second-order valence-corrected chi connectivity index (χ2v) is 6.67. The van der Waals surface area contributed by atoms with Crippen LogP contribution in [0.4, 0.5) is 5.95 Å². The monoisotopic (exact) mass is 381 g/mol. The Labute approximate surface area is 160 Å². The van der Waals surface area contributed by atoms with Gasteiger partial charge in [-0.15, -0.1) is 0 Å². The maximum Gasteiger partial charge on any atom is 0.255 e. The topological polar surface area (TPSA) is 81.0 Å². The summed E-state index contributed by atoms with van der Waals surface area (Å²) in [5.74, 6) is 0.408. The zero-order chi connectivity index (χ0) is 18.8. The number of rotatable bonds is 4. The fourth-order valence-electron chi connectivity index (χ4n) is 3.11. The minimum absolute atomic E-state index is 0.0763. The van der Waals surface area contributed by atoms with Crippen LogP contribution >= 0.6 is 11.6 Å². The molecule has 2 aromatic heterocycles. The van der Waals surface area contributed by atoms with Gasteiger partial charge in [0, 0.05) is 35.9 Å². The van der Waals surface area contributed by atoms with Gasteiger partial charge in [0.1, 0.15) is 6.33 Å². The maximum absolute atomic E-state index is 12.7. The molecule has 0 radical (unpaired) electrons. The first-order valence-corrected chi connectivity index (χ1v) is 8.91. The van der Waals surface area contributed by atoms with Crippen LogP contribution in [0.1, 0.15) is 16.8 Å². The molecule has 0 amide bonds. The lowest BCUT2D eigenvalue weighted by atomic mass is 10.1. The lowest BCUT2D eigenvalue weighted by Gasteiger charge is -2.30. The van der Waals surface area contributed by atoms with Gasteiger partial charge >= 0.3 is 0 Å².